The van der Waals surface area contributed by atoms with Crippen molar-refractivity contribution in [2.24, 2.45) is 5.92 Å². The summed E-state index contributed by atoms with van der Waals surface area (Å²) >= 11 is 0. The molecule has 0 bridgehead atoms. The summed E-state index contributed by atoms with van der Waals surface area (Å²) in [6, 6.07) is 6.46. The molecule has 1 aromatic rings. The number of sulfone groups is 1. The Kier molecular flexibility index (Phi) is 6.75. The molecule has 23 heavy (non-hydrogen) atoms. The SMILES string of the molecule is CC(C)CS(=O)(=O)CC(=O)Nc1ccccc1C(=O)NC(C)C. The quantitative estimate of drug-likeness (QED) is 0.792. The largest absolute Gasteiger partial charge is 0.350 e. The molecule has 7 heteroatoms. The number of anilines is 1. The molecule has 2 amide bonds. The molecule has 0 fully saturated rings. The van der Waals surface area contributed by atoms with Crippen molar-refractivity contribution in [2.45, 2.75) is 33.7 Å². The summed E-state index contributed by atoms with van der Waals surface area (Å²) in [7, 11) is -3.46. The Bertz CT molecular complexity index is 666. The van der Waals surface area contributed by atoms with Crippen molar-refractivity contribution in [3.8, 4) is 0 Å². The lowest BCUT2D eigenvalue weighted by Gasteiger charge is -2.13. The molecule has 1 aromatic carbocycles. The lowest BCUT2D eigenvalue weighted by atomic mass is 10.1. The molecule has 6 nitrogen and oxygen atoms in total. The van der Waals surface area contributed by atoms with Crippen LogP contribution in [-0.2, 0) is 14.6 Å². The zero-order valence-electron chi connectivity index (χ0n) is 13.9. The van der Waals surface area contributed by atoms with E-state index in [1.165, 1.54) is 0 Å². The third kappa shape index (κ3) is 6.81. The zero-order valence-corrected chi connectivity index (χ0v) is 14.7. The standard InChI is InChI=1S/C16H24N2O4S/c1-11(2)9-23(21,22)10-15(19)18-14-8-6-5-7-13(14)16(20)17-12(3)4/h5-8,11-12H,9-10H2,1-4H3,(H,17,20)(H,18,19). The van der Waals surface area contributed by atoms with Gasteiger partial charge in [0.15, 0.2) is 9.84 Å². The van der Waals surface area contributed by atoms with Gasteiger partial charge < -0.3 is 10.6 Å². The van der Waals surface area contributed by atoms with E-state index in [0.29, 0.717) is 11.3 Å². The molecule has 128 valence electrons. The van der Waals surface area contributed by atoms with Crippen LogP contribution in [0.5, 0.6) is 0 Å². The molecule has 0 heterocycles. The summed E-state index contributed by atoms with van der Waals surface area (Å²) in [5, 5.41) is 5.25. The van der Waals surface area contributed by atoms with Gasteiger partial charge in [0.25, 0.3) is 5.91 Å². The molecule has 0 aliphatic rings. The molecule has 0 saturated carbocycles. The summed E-state index contributed by atoms with van der Waals surface area (Å²) in [5.74, 6) is -1.64. The van der Waals surface area contributed by atoms with Gasteiger partial charge in [-0.3, -0.25) is 9.59 Å². The van der Waals surface area contributed by atoms with Crippen LogP contribution in [0.1, 0.15) is 38.1 Å². The van der Waals surface area contributed by atoms with Gasteiger partial charge in [-0.25, -0.2) is 8.42 Å². The van der Waals surface area contributed by atoms with Gasteiger partial charge in [0.05, 0.1) is 17.0 Å². The van der Waals surface area contributed by atoms with Crippen molar-refractivity contribution in [3.63, 3.8) is 0 Å². The van der Waals surface area contributed by atoms with Gasteiger partial charge in [-0.05, 0) is 31.9 Å². The summed E-state index contributed by atoms with van der Waals surface area (Å²) in [6.45, 7) is 7.22. The number of carbonyl (C=O) groups is 2. The molecule has 1 rings (SSSR count). The second-order valence-corrected chi connectivity index (χ2v) is 8.28. The molecule has 0 atom stereocenters. The fourth-order valence-corrected chi connectivity index (χ4v) is 3.69. The first-order valence-electron chi connectivity index (χ1n) is 7.51. The molecular weight excluding hydrogens is 316 g/mol. The van der Waals surface area contributed by atoms with Crippen molar-refractivity contribution in [1.29, 1.82) is 0 Å². The number of nitrogens with one attached hydrogen (secondary N) is 2. The van der Waals surface area contributed by atoms with Crippen LogP contribution in [0.25, 0.3) is 0 Å². The Balaban J connectivity index is 2.85. The van der Waals surface area contributed by atoms with E-state index in [4.69, 9.17) is 0 Å². The highest BCUT2D eigenvalue weighted by Crippen LogP contribution is 2.15. The lowest BCUT2D eigenvalue weighted by molar-refractivity contribution is -0.113. The van der Waals surface area contributed by atoms with E-state index in [-0.39, 0.29) is 23.6 Å². The Morgan fingerprint density at radius 1 is 1.09 bits per heavy atom. The molecular formula is C16H24N2O4S. The maximum Gasteiger partial charge on any atom is 0.253 e. The molecule has 0 radical (unpaired) electrons. The first-order chi connectivity index (χ1) is 10.6. The van der Waals surface area contributed by atoms with Gasteiger partial charge >= 0.3 is 0 Å². The minimum absolute atomic E-state index is 0.0438. The van der Waals surface area contributed by atoms with Crippen molar-refractivity contribution < 1.29 is 18.0 Å². The van der Waals surface area contributed by atoms with Crippen LogP contribution in [0.3, 0.4) is 0 Å². The number of hydrogen-bond acceptors (Lipinski definition) is 4. The monoisotopic (exact) mass is 340 g/mol. The number of carbonyl (C=O) groups excluding carboxylic acids is 2. The maximum absolute atomic E-state index is 12.1. The van der Waals surface area contributed by atoms with Crippen LogP contribution in [-0.4, -0.2) is 37.8 Å². The van der Waals surface area contributed by atoms with E-state index >= 15 is 0 Å². The van der Waals surface area contributed by atoms with Gasteiger partial charge in [0, 0.05) is 6.04 Å². The minimum atomic E-state index is -3.46. The minimum Gasteiger partial charge on any atom is -0.350 e. The number of para-hydroxylation sites is 1. The predicted octanol–water partition coefficient (Wildman–Crippen LogP) is 1.83. The predicted molar refractivity (Wildman–Crippen MR) is 91.2 cm³/mol. The average molecular weight is 340 g/mol. The Hall–Kier alpha value is -1.89. The second kappa shape index (κ2) is 8.10. The molecule has 2 N–H and O–H groups in total. The third-order valence-electron chi connectivity index (χ3n) is 2.80. The number of amides is 2. The van der Waals surface area contributed by atoms with Gasteiger partial charge in [0.2, 0.25) is 5.91 Å². The van der Waals surface area contributed by atoms with Gasteiger partial charge in [-0.1, -0.05) is 26.0 Å². The van der Waals surface area contributed by atoms with Crippen molar-refractivity contribution in [2.75, 3.05) is 16.8 Å². The van der Waals surface area contributed by atoms with Crippen LogP contribution in [0.15, 0.2) is 24.3 Å². The highest BCUT2D eigenvalue weighted by Gasteiger charge is 2.20. The summed E-state index contributed by atoms with van der Waals surface area (Å²) in [5.41, 5.74) is 0.603. The van der Waals surface area contributed by atoms with Crippen molar-refractivity contribution in [3.05, 3.63) is 29.8 Å². The van der Waals surface area contributed by atoms with E-state index < -0.39 is 21.5 Å². The van der Waals surface area contributed by atoms with Crippen LogP contribution < -0.4 is 10.6 Å². The van der Waals surface area contributed by atoms with E-state index in [0.717, 1.165) is 0 Å². The van der Waals surface area contributed by atoms with E-state index in [2.05, 4.69) is 10.6 Å². The highest BCUT2D eigenvalue weighted by molar-refractivity contribution is 7.92. The Morgan fingerprint density at radius 3 is 2.26 bits per heavy atom. The first-order valence-corrected chi connectivity index (χ1v) is 9.33. The third-order valence-corrected chi connectivity index (χ3v) is 4.68. The van der Waals surface area contributed by atoms with E-state index in [9.17, 15) is 18.0 Å². The fourth-order valence-electron chi connectivity index (χ4n) is 2.08. The molecule has 0 saturated heterocycles. The number of rotatable bonds is 7. The van der Waals surface area contributed by atoms with Crippen LogP contribution in [0.4, 0.5) is 5.69 Å². The number of benzene rings is 1. The highest BCUT2D eigenvalue weighted by atomic mass is 32.2. The van der Waals surface area contributed by atoms with Gasteiger partial charge in [0.1, 0.15) is 5.75 Å². The van der Waals surface area contributed by atoms with E-state index in [1.54, 1.807) is 38.1 Å². The Labute approximate surface area is 137 Å². The average Bonchev–Trinajstić information content (AvgIpc) is 2.35. The first kappa shape index (κ1) is 19.2. The smallest absolute Gasteiger partial charge is 0.253 e. The molecule has 0 aromatic heterocycles. The molecule has 0 spiro atoms. The molecule has 0 aliphatic heterocycles. The molecule has 0 aliphatic carbocycles. The second-order valence-electron chi connectivity index (χ2n) is 6.17. The maximum atomic E-state index is 12.1. The van der Waals surface area contributed by atoms with Crippen LogP contribution in [0, 0.1) is 5.92 Å². The summed E-state index contributed by atoms with van der Waals surface area (Å²) in [6.07, 6.45) is 0. The van der Waals surface area contributed by atoms with Gasteiger partial charge in [-0.2, -0.15) is 0 Å². The van der Waals surface area contributed by atoms with Crippen LogP contribution >= 0.6 is 0 Å². The van der Waals surface area contributed by atoms with Crippen LogP contribution in [0.2, 0.25) is 0 Å². The van der Waals surface area contributed by atoms with E-state index in [1.807, 2.05) is 13.8 Å². The Morgan fingerprint density at radius 2 is 1.70 bits per heavy atom. The normalized spacial score (nSPS) is 11.6. The lowest BCUT2D eigenvalue weighted by Crippen LogP contribution is -2.32. The topological polar surface area (TPSA) is 92.3 Å². The van der Waals surface area contributed by atoms with Crippen molar-refractivity contribution >= 4 is 27.3 Å². The fraction of sp³-hybridized carbons (Fsp3) is 0.500. The zero-order chi connectivity index (χ0) is 17.6. The van der Waals surface area contributed by atoms with Crippen molar-refractivity contribution in [1.82, 2.24) is 5.32 Å². The number of hydrogen-bond donors (Lipinski definition) is 2. The summed E-state index contributed by atoms with van der Waals surface area (Å²) in [4.78, 5) is 24.1. The van der Waals surface area contributed by atoms with Gasteiger partial charge in [-0.15, -0.1) is 0 Å². The molecule has 0 unspecified atom stereocenters. The summed E-state index contributed by atoms with van der Waals surface area (Å²) < 4.78 is 23.7.